The highest BCUT2D eigenvalue weighted by Gasteiger charge is 2.35. The number of hydrogen-bond acceptors (Lipinski definition) is 4. The molecule has 0 saturated carbocycles. The molecule has 6 nitrogen and oxygen atoms in total. The van der Waals surface area contributed by atoms with E-state index in [1.165, 1.54) is 0 Å². The van der Waals surface area contributed by atoms with Crippen molar-refractivity contribution in [1.29, 1.82) is 0 Å². The van der Waals surface area contributed by atoms with Gasteiger partial charge in [-0.05, 0) is 30.7 Å². The lowest BCUT2D eigenvalue weighted by atomic mass is 10.1. The molecule has 0 radical (unpaired) electrons. The summed E-state index contributed by atoms with van der Waals surface area (Å²) in [5.41, 5.74) is 7.04. The van der Waals surface area contributed by atoms with E-state index in [1.54, 1.807) is 24.3 Å². The lowest BCUT2D eigenvalue weighted by molar-refractivity contribution is -0.130. The van der Waals surface area contributed by atoms with Gasteiger partial charge in [0.1, 0.15) is 0 Å². The summed E-state index contributed by atoms with van der Waals surface area (Å²) in [6.07, 6.45) is 1.56. The molecule has 1 aromatic rings. The van der Waals surface area contributed by atoms with E-state index in [0.717, 1.165) is 31.7 Å². The molecule has 0 aromatic heterocycles. The van der Waals surface area contributed by atoms with E-state index in [0.29, 0.717) is 18.7 Å². The summed E-state index contributed by atoms with van der Waals surface area (Å²) in [4.78, 5) is 27.8. The monoisotopic (exact) mass is 288 g/mol. The molecule has 6 heteroatoms. The fourth-order valence-electron chi connectivity index (χ4n) is 3.04. The summed E-state index contributed by atoms with van der Waals surface area (Å²) in [6.45, 7) is 2.65. The zero-order valence-electron chi connectivity index (χ0n) is 11.9. The molecule has 2 saturated heterocycles. The summed E-state index contributed by atoms with van der Waals surface area (Å²) < 4.78 is 0. The van der Waals surface area contributed by atoms with Crippen molar-refractivity contribution in [3.8, 4) is 0 Å². The molecule has 2 amide bonds. The third kappa shape index (κ3) is 3.16. The van der Waals surface area contributed by atoms with Crippen LogP contribution in [0.5, 0.6) is 0 Å². The minimum atomic E-state index is -0.0301. The Labute approximate surface area is 123 Å². The van der Waals surface area contributed by atoms with E-state index >= 15 is 0 Å². The van der Waals surface area contributed by atoms with Crippen molar-refractivity contribution >= 4 is 23.2 Å². The molecule has 0 aliphatic carbocycles. The van der Waals surface area contributed by atoms with Crippen molar-refractivity contribution in [1.82, 2.24) is 9.80 Å². The second kappa shape index (κ2) is 5.73. The largest absolute Gasteiger partial charge is 0.399 e. The van der Waals surface area contributed by atoms with Crippen LogP contribution in [0.3, 0.4) is 0 Å². The first kappa shape index (κ1) is 13.9. The molecule has 2 fully saturated rings. The molecule has 0 unspecified atom stereocenters. The van der Waals surface area contributed by atoms with Gasteiger partial charge in [0.25, 0.3) is 0 Å². The Morgan fingerprint density at radius 1 is 1.29 bits per heavy atom. The van der Waals surface area contributed by atoms with Crippen LogP contribution < -0.4 is 11.1 Å². The molecular weight excluding hydrogens is 268 g/mol. The van der Waals surface area contributed by atoms with Crippen LogP contribution in [0.2, 0.25) is 0 Å². The Morgan fingerprint density at radius 3 is 2.81 bits per heavy atom. The maximum absolute atomic E-state index is 12.1. The van der Waals surface area contributed by atoms with Gasteiger partial charge in [-0.1, -0.05) is 0 Å². The summed E-state index contributed by atoms with van der Waals surface area (Å²) in [7, 11) is 0. The van der Waals surface area contributed by atoms with E-state index < -0.39 is 0 Å². The number of nitrogens with one attached hydrogen (secondary N) is 1. The normalized spacial score (nSPS) is 22.2. The number of nitrogens with zero attached hydrogens (tertiary/aromatic N) is 2. The van der Waals surface area contributed by atoms with Crippen molar-refractivity contribution in [3.05, 3.63) is 24.3 Å². The Kier molecular flexibility index (Phi) is 3.79. The Morgan fingerprint density at radius 2 is 2.05 bits per heavy atom. The van der Waals surface area contributed by atoms with Crippen LogP contribution in [-0.4, -0.2) is 53.8 Å². The third-order valence-electron chi connectivity index (χ3n) is 4.14. The number of anilines is 2. The number of benzene rings is 1. The van der Waals surface area contributed by atoms with Gasteiger partial charge in [0, 0.05) is 43.5 Å². The summed E-state index contributed by atoms with van der Waals surface area (Å²) in [5.74, 6) is 0.225. The number of hydrogen-bond donors (Lipinski definition) is 2. The molecule has 1 atom stereocenters. The fraction of sp³-hybridized carbons (Fsp3) is 0.467. The second-order valence-electron chi connectivity index (χ2n) is 5.68. The average molecular weight is 288 g/mol. The van der Waals surface area contributed by atoms with Crippen molar-refractivity contribution in [3.63, 3.8) is 0 Å². The zero-order valence-corrected chi connectivity index (χ0v) is 11.9. The number of amides is 2. The highest BCUT2D eigenvalue weighted by molar-refractivity contribution is 5.92. The minimum absolute atomic E-state index is 0.0301. The van der Waals surface area contributed by atoms with Gasteiger partial charge in [0.05, 0.1) is 6.54 Å². The van der Waals surface area contributed by atoms with Crippen LogP contribution in [0.25, 0.3) is 0 Å². The molecule has 0 spiro atoms. The number of carbonyl (C=O) groups is 2. The quantitative estimate of drug-likeness (QED) is 0.795. The van der Waals surface area contributed by atoms with E-state index in [2.05, 4.69) is 10.2 Å². The predicted molar refractivity (Wildman–Crippen MR) is 80.7 cm³/mol. The van der Waals surface area contributed by atoms with Crippen LogP contribution in [0, 0.1) is 0 Å². The smallest absolute Gasteiger partial charge is 0.238 e. The van der Waals surface area contributed by atoms with Gasteiger partial charge in [-0.3, -0.25) is 14.5 Å². The molecule has 2 heterocycles. The number of fused-ring (bicyclic) bond motifs is 1. The fourth-order valence-corrected chi connectivity index (χ4v) is 3.04. The molecule has 3 N–H and O–H groups in total. The first-order valence-corrected chi connectivity index (χ1v) is 7.29. The van der Waals surface area contributed by atoms with Gasteiger partial charge < -0.3 is 16.0 Å². The van der Waals surface area contributed by atoms with Crippen LogP contribution in [0.15, 0.2) is 24.3 Å². The van der Waals surface area contributed by atoms with Crippen LogP contribution >= 0.6 is 0 Å². The Bertz CT molecular complexity index is 543. The van der Waals surface area contributed by atoms with Crippen LogP contribution in [0.4, 0.5) is 11.4 Å². The number of rotatable bonds is 3. The molecule has 112 valence electrons. The molecule has 3 rings (SSSR count). The number of nitrogen functional groups attached to an aromatic ring is 1. The summed E-state index contributed by atoms with van der Waals surface area (Å²) >= 11 is 0. The van der Waals surface area contributed by atoms with Gasteiger partial charge in [0.15, 0.2) is 0 Å². The first-order chi connectivity index (χ1) is 10.1. The molecule has 1 aromatic carbocycles. The van der Waals surface area contributed by atoms with Crippen LogP contribution in [0.1, 0.15) is 12.8 Å². The maximum Gasteiger partial charge on any atom is 0.238 e. The van der Waals surface area contributed by atoms with Gasteiger partial charge in [-0.2, -0.15) is 0 Å². The van der Waals surface area contributed by atoms with Gasteiger partial charge >= 0.3 is 0 Å². The summed E-state index contributed by atoms with van der Waals surface area (Å²) in [5, 5.41) is 2.87. The lowest BCUT2D eigenvalue weighted by Gasteiger charge is -2.37. The van der Waals surface area contributed by atoms with Gasteiger partial charge in [0.2, 0.25) is 11.8 Å². The number of piperazine rings is 1. The lowest BCUT2D eigenvalue weighted by Crippen LogP contribution is -2.52. The van der Waals surface area contributed by atoms with Crippen LogP contribution in [-0.2, 0) is 9.59 Å². The second-order valence-corrected chi connectivity index (χ2v) is 5.68. The molecule has 21 heavy (non-hydrogen) atoms. The van der Waals surface area contributed by atoms with E-state index in [1.807, 2.05) is 4.90 Å². The van der Waals surface area contributed by atoms with Crippen molar-refractivity contribution < 1.29 is 9.59 Å². The van der Waals surface area contributed by atoms with Gasteiger partial charge in [-0.15, -0.1) is 0 Å². The number of carbonyl (C=O) groups excluding carboxylic acids is 2. The zero-order chi connectivity index (χ0) is 14.8. The van der Waals surface area contributed by atoms with Crippen molar-refractivity contribution in [2.75, 3.05) is 37.2 Å². The van der Waals surface area contributed by atoms with E-state index in [-0.39, 0.29) is 17.9 Å². The van der Waals surface area contributed by atoms with E-state index in [4.69, 9.17) is 5.73 Å². The molecular formula is C15H20N4O2. The van der Waals surface area contributed by atoms with Crippen molar-refractivity contribution in [2.45, 2.75) is 18.9 Å². The molecule has 0 bridgehead atoms. The van der Waals surface area contributed by atoms with Crippen molar-refractivity contribution in [2.24, 2.45) is 0 Å². The third-order valence-corrected chi connectivity index (χ3v) is 4.14. The molecule has 2 aliphatic rings. The SMILES string of the molecule is Nc1ccc(NC(=O)CN2CCN3C(=O)CC[C@H]3C2)cc1. The maximum atomic E-state index is 12.1. The summed E-state index contributed by atoms with van der Waals surface area (Å²) in [6, 6.07) is 7.40. The van der Waals surface area contributed by atoms with Gasteiger partial charge in [-0.25, -0.2) is 0 Å². The predicted octanol–water partition coefficient (Wildman–Crippen LogP) is 0.514. The minimum Gasteiger partial charge on any atom is -0.399 e. The number of nitrogens with two attached hydrogens (primary N) is 1. The standard InChI is InChI=1S/C15H20N4O2/c16-11-1-3-12(4-2-11)17-14(20)10-18-7-8-19-13(9-18)5-6-15(19)21/h1-4,13H,5-10,16H2,(H,17,20)/t13-/m0/s1. The highest BCUT2D eigenvalue weighted by Crippen LogP contribution is 2.22. The topological polar surface area (TPSA) is 78.7 Å². The first-order valence-electron chi connectivity index (χ1n) is 7.29. The highest BCUT2D eigenvalue weighted by atomic mass is 16.2. The average Bonchev–Trinajstić information content (AvgIpc) is 2.82. The Hall–Kier alpha value is -2.08. The Balaban J connectivity index is 1.51. The van der Waals surface area contributed by atoms with E-state index in [9.17, 15) is 9.59 Å². The molecule has 2 aliphatic heterocycles.